The van der Waals surface area contributed by atoms with Gasteiger partial charge >= 0.3 is 0 Å². The Balaban J connectivity index is 0.000000218. The van der Waals surface area contributed by atoms with Gasteiger partial charge < -0.3 is 43.0 Å². The van der Waals surface area contributed by atoms with Crippen molar-refractivity contribution in [2.24, 2.45) is 0 Å². The predicted molar refractivity (Wildman–Crippen MR) is 219 cm³/mol. The average Bonchev–Trinajstić information content (AvgIpc) is 3.26. The highest BCUT2D eigenvalue weighted by Crippen LogP contribution is 2.53. The number of ether oxygens (including phenoxy) is 8. The molecule has 0 unspecified atom stereocenters. The number of hydrogen-bond donors (Lipinski definition) is 1. The van der Waals surface area contributed by atoms with Gasteiger partial charge in [-0.15, -0.1) is 0 Å². The smallest absolute Gasteiger partial charge is 0.211 e. The van der Waals surface area contributed by atoms with Gasteiger partial charge in [0, 0.05) is 11.1 Å². The summed E-state index contributed by atoms with van der Waals surface area (Å²) in [6.07, 6.45) is 0.757. The van der Waals surface area contributed by atoms with Crippen LogP contribution in [0.2, 0.25) is 0 Å². The Labute approximate surface area is 334 Å². The second kappa shape index (κ2) is 20.8. The fourth-order valence-corrected chi connectivity index (χ4v) is 5.98. The van der Waals surface area contributed by atoms with Crippen LogP contribution in [0.4, 0.5) is 0 Å². The molecular weight excluding hydrogens is 725 g/mol. The Morgan fingerprint density at radius 2 is 0.684 bits per heavy atom. The second-order valence-electron chi connectivity index (χ2n) is 12.7. The van der Waals surface area contributed by atoms with Gasteiger partial charge in [-0.1, -0.05) is 121 Å². The molecule has 10 nitrogen and oxygen atoms in total. The van der Waals surface area contributed by atoms with Crippen LogP contribution in [0.15, 0.2) is 121 Å². The molecule has 0 saturated heterocycles. The molecule has 0 saturated carbocycles. The van der Waals surface area contributed by atoms with Crippen LogP contribution >= 0.6 is 0 Å². The zero-order valence-electron chi connectivity index (χ0n) is 33.1. The van der Waals surface area contributed by atoms with E-state index < -0.39 is 0 Å². The molecule has 0 bridgehead atoms. The van der Waals surface area contributed by atoms with Gasteiger partial charge in [-0.25, -0.2) is 0 Å². The van der Waals surface area contributed by atoms with Gasteiger partial charge in [0.15, 0.2) is 29.3 Å². The first-order chi connectivity index (χ1) is 27.8. The van der Waals surface area contributed by atoms with Crippen molar-refractivity contribution in [3.8, 4) is 51.7 Å². The summed E-state index contributed by atoms with van der Waals surface area (Å²) in [4.78, 5) is 11.9. The Hall–Kier alpha value is -6.81. The van der Waals surface area contributed by atoms with Crippen LogP contribution in [-0.2, 0) is 26.4 Å². The summed E-state index contributed by atoms with van der Waals surface area (Å²) in [6.45, 7) is 4.82. The number of aromatic hydroxyl groups is 1. The fourth-order valence-electron chi connectivity index (χ4n) is 5.98. The zero-order valence-corrected chi connectivity index (χ0v) is 33.1. The van der Waals surface area contributed by atoms with Crippen LogP contribution in [-0.4, -0.2) is 39.8 Å². The summed E-state index contributed by atoms with van der Waals surface area (Å²) in [7, 11) is 6.08. The first kappa shape index (κ1) is 41.4. The van der Waals surface area contributed by atoms with Crippen LogP contribution in [0.1, 0.15) is 43.7 Å². The molecule has 10 heteroatoms. The topological polar surface area (TPSA) is 111 Å². The third-order valence-electron chi connectivity index (χ3n) is 8.98. The molecular formula is C47H48O10. The molecule has 0 heterocycles. The minimum absolute atomic E-state index is 0.0309. The highest BCUT2D eigenvalue weighted by Gasteiger charge is 2.28. The van der Waals surface area contributed by atoms with Crippen molar-refractivity contribution in [3.05, 3.63) is 160 Å². The molecule has 0 radical (unpaired) electrons. The fraction of sp³-hybridized carbons (Fsp3) is 0.213. The number of carbonyl (C=O) groups is 1. The molecule has 296 valence electrons. The van der Waals surface area contributed by atoms with E-state index in [4.69, 9.17) is 37.9 Å². The number of rotatable bonds is 17. The highest BCUT2D eigenvalue weighted by atomic mass is 16.6. The maximum atomic E-state index is 11.9. The largest absolute Gasteiger partial charge is 0.504 e. The lowest BCUT2D eigenvalue weighted by Crippen LogP contribution is -2.07. The van der Waals surface area contributed by atoms with E-state index in [2.05, 4.69) is 0 Å². The van der Waals surface area contributed by atoms with E-state index in [0.717, 1.165) is 28.5 Å². The molecule has 0 atom stereocenters. The minimum atomic E-state index is -0.0309. The van der Waals surface area contributed by atoms with Crippen molar-refractivity contribution >= 4 is 6.29 Å². The van der Waals surface area contributed by atoms with Crippen LogP contribution in [0.3, 0.4) is 0 Å². The van der Waals surface area contributed by atoms with E-state index in [1.165, 1.54) is 28.4 Å². The Morgan fingerprint density at radius 1 is 0.404 bits per heavy atom. The molecule has 0 aromatic heterocycles. The first-order valence-electron chi connectivity index (χ1n) is 18.2. The Morgan fingerprint density at radius 3 is 1.02 bits per heavy atom. The van der Waals surface area contributed by atoms with Crippen LogP contribution in [0, 0.1) is 13.8 Å². The number of methoxy groups -OCH3 is 4. The van der Waals surface area contributed by atoms with Crippen LogP contribution < -0.4 is 37.9 Å². The predicted octanol–water partition coefficient (Wildman–Crippen LogP) is 9.86. The number of aldehydes is 1. The van der Waals surface area contributed by atoms with Gasteiger partial charge in [0.05, 0.1) is 34.0 Å². The molecule has 1 N–H and O–H groups in total. The van der Waals surface area contributed by atoms with Crippen molar-refractivity contribution in [1.29, 1.82) is 0 Å². The molecule has 6 rings (SSSR count). The summed E-state index contributed by atoms with van der Waals surface area (Å²) < 4.78 is 46.0. The quantitative estimate of drug-likeness (QED) is 0.0900. The monoisotopic (exact) mass is 772 g/mol. The van der Waals surface area contributed by atoms with Gasteiger partial charge in [0.1, 0.15) is 26.4 Å². The molecule has 0 aliphatic carbocycles. The minimum Gasteiger partial charge on any atom is -0.504 e. The number of carbonyl (C=O) groups excluding carboxylic acids is 1. The zero-order chi connectivity index (χ0) is 40.6. The molecule has 0 aliphatic heterocycles. The molecule has 0 amide bonds. The molecule has 57 heavy (non-hydrogen) atoms. The van der Waals surface area contributed by atoms with Crippen molar-refractivity contribution in [1.82, 2.24) is 0 Å². The lowest BCUT2D eigenvalue weighted by atomic mass is 10.1. The highest BCUT2D eigenvalue weighted by molar-refractivity contribution is 5.87. The maximum Gasteiger partial charge on any atom is 0.211 e. The number of hydrogen-bond acceptors (Lipinski definition) is 10. The summed E-state index contributed by atoms with van der Waals surface area (Å²) in [6, 6.07) is 39.0. The number of phenols is 1. The van der Waals surface area contributed by atoms with Crippen LogP contribution in [0.5, 0.6) is 51.7 Å². The third-order valence-corrected chi connectivity index (χ3v) is 8.98. The molecule has 0 aliphatic rings. The summed E-state index contributed by atoms with van der Waals surface area (Å²) in [5.74, 6) is 2.84. The number of phenolic OH excluding ortho intramolecular Hbond substituents is 1. The third kappa shape index (κ3) is 10.3. The van der Waals surface area contributed by atoms with Gasteiger partial charge in [0.25, 0.3) is 0 Å². The normalized spacial score (nSPS) is 10.4. The van der Waals surface area contributed by atoms with Crippen molar-refractivity contribution in [2.45, 2.75) is 40.3 Å². The van der Waals surface area contributed by atoms with Crippen molar-refractivity contribution in [3.63, 3.8) is 0 Å². The van der Waals surface area contributed by atoms with Gasteiger partial charge in [-0.2, -0.15) is 0 Å². The second-order valence-corrected chi connectivity index (χ2v) is 12.7. The van der Waals surface area contributed by atoms with E-state index >= 15 is 0 Å². The molecule has 0 spiro atoms. The summed E-state index contributed by atoms with van der Waals surface area (Å²) in [5.41, 5.74) is 5.50. The number of benzene rings is 6. The molecule has 0 fully saturated rings. The Kier molecular flexibility index (Phi) is 15.1. The van der Waals surface area contributed by atoms with Crippen molar-refractivity contribution < 1.29 is 47.8 Å². The van der Waals surface area contributed by atoms with Gasteiger partial charge in [-0.3, -0.25) is 4.79 Å². The van der Waals surface area contributed by atoms with Crippen molar-refractivity contribution in [2.75, 3.05) is 28.4 Å². The van der Waals surface area contributed by atoms with E-state index in [-0.39, 0.29) is 18.1 Å². The summed E-state index contributed by atoms with van der Waals surface area (Å²) >= 11 is 0. The van der Waals surface area contributed by atoms with Gasteiger partial charge in [0.2, 0.25) is 28.7 Å². The van der Waals surface area contributed by atoms with E-state index in [0.29, 0.717) is 76.8 Å². The maximum absolute atomic E-state index is 11.9. The standard InChI is InChI=1S/C24H24O5.C23H24O5/c1-17-20(14-25)22(29-16-19-12-8-5-9-13-19)24(27-3)23(26-2)21(17)28-15-18-10-6-4-7-11-18;1-16-19(24)21(28-15-18-12-8-5-9-13-18)23(26-3)22(25-2)20(16)27-14-17-10-6-4-7-11-17/h4-14H,15-16H2,1-3H3;4-13,24H,14-15H2,1-3H3. The van der Waals surface area contributed by atoms with Gasteiger partial charge in [-0.05, 0) is 36.1 Å². The molecule has 6 aromatic carbocycles. The SMILES string of the molecule is COc1c(OCc2ccccc2)c(C)c(C=O)c(OCc2ccccc2)c1OC.COc1c(OCc2ccccc2)c(C)c(O)c(OCc2ccccc2)c1OC. The molecule has 6 aromatic rings. The van der Waals surface area contributed by atoms with E-state index in [1.807, 2.05) is 121 Å². The lowest BCUT2D eigenvalue weighted by molar-refractivity contribution is 0.111. The lowest BCUT2D eigenvalue weighted by Gasteiger charge is -2.21. The Bertz CT molecular complexity index is 2100. The first-order valence-corrected chi connectivity index (χ1v) is 18.2. The van der Waals surface area contributed by atoms with Crippen LogP contribution in [0.25, 0.3) is 0 Å². The van der Waals surface area contributed by atoms with E-state index in [1.54, 1.807) is 13.8 Å². The average molecular weight is 773 g/mol. The summed E-state index contributed by atoms with van der Waals surface area (Å²) in [5, 5.41) is 10.7. The van der Waals surface area contributed by atoms with E-state index in [9.17, 15) is 9.90 Å².